The van der Waals surface area contributed by atoms with E-state index in [2.05, 4.69) is 31.2 Å². The summed E-state index contributed by atoms with van der Waals surface area (Å²) in [5.41, 5.74) is 9.24. The highest BCUT2D eigenvalue weighted by Crippen LogP contribution is 2.62. The molecule has 1 fully saturated rings. The molecule has 3 atom stereocenters. The van der Waals surface area contributed by atoms with Crippen molar-refractivity contribution in [3.63, 3.8) is 0 Å². The molecule has 2 aliphatic rings. The van der Waals surface area contributed by atoms with Crippen LogP contribution in [0.25, 0.3) is 0 Å². The summed E-state index contributed by atoms with van der Waals surface area (Å²) in [5, 5.41) is 0. The fraction of sp³-hybridized carbons (Fsp3) is 0.455. The van der Waals surface area contributed by atoms with Gasteiger partial charge in [-0.25, -0.2) is 0 Å². The average molecular weight is 159 g/mol. The summed E-state index contributed by atoms with van der Waals surface area (Å²) in [6.07, 6.45) is 1.20. The van der Waals surface area contributed by atoms with Crippen molar-refractivity contribution in [3.05, 3.63) is 35.4 Å². The second kappa shape index (κ2) is 1.74. The van der Waals surface area contributed by atoms with Crippen LogP contribution in [0, 0.1) is 11.8 Å². The molecule has 0 radical (unpaired) electrons. The van der Waals surface area contributed by atoms with Crippen LogP contribution < -0.4 is 5.73 Å². The molecule has 1 saturated carbocycles. The lowest BCUT2D eigenvalue weighted by Crippen LogP contribution is -2.21. The lowest BCUT2D eigenvalue weighted by Gasteiger charge is -2.10. The van der Waals surface area contributed by atoms with E-state index in [0.717, 1.165) is 5.92 Å². The number of benzene rings is 1. The zero-order valence-electron chi connectivity index (χ0n) is 7.25. The molecule has 0 bridgehead atoms. The van der Waals surface area contributed by atoms with Gasteiger partial charge in [0.15, 0.2) is 0 Å². The molecule has 1 aromatic carbocycles. The summed E-state index contributed by atoms with van der Waals surface area (Å²) in [5.74, 6) is 1.43. The minimum Gasteiger partial charge on any atom is -0.321 e. The Morgan fingerprint density at radius 3 is 3.00 bits per heavy atom. The second-order valence-corrected chi connectivity index (χ2v) is 4.19. The quantitative estimate of drug-likeness (QED) is 0.612. The third kappa shape index (κ3) is 0.526. The molecule has 3 unspecified atom stereocenters. The second-order valence-electron chi connectivity index (χ2n) is 4.19. The van der Waals surface area contributed by atoms with Crippen LogP contribution in [0.15, 0.2) is 24.3 Å². The zero-order chi connectivity index (χ0) is 8.34. The van der Waals surface area contributed by atoms with Gasteiger partial charge in [-0.05, 0) is 29.4 Å². The predicted octanol–water partition coefficient (Wildman–Crippen LogP) is 1.66. The van der Waals surface area contributed by atoms with Crippen molar-refractivity contribution in [2.24, 2.45) is 17.6 Å². The molecule has 62 valence electrons. The molecule has 1 aromatic rings. The maximum Gasteiger partial charge on any atom is 0.0476 e. The summed E-state index contributed by atoms with van der Waals surface area (Å²) in [6, 6.07) is 8.61. The molecular formula is C11H13N. The van der Waals surface area contributed by atoms with Crippen LogP contribution in [-0.4, -0.2) is 0 Å². The van der Waals surface area contributed by atoms with E-state index >= 15 is 0 Å². The Morgan fingerprint density at radius 2 is 2.17 bits per heavy atom. The van der Waals surface area contributed by atoms with E-state index in [-0.39, 0.29) is 5.54 Å². The maximum absolute atomic E-state index is 6.31. The van der Waals surface area contributed by atoms with Crippen LogP contribution in [-0.2, 0) is 12.0 Å². The van der Waals surface area contributed by atoms with Crippen molar-refractivity contribution < 1.29 is 0 Å². The first-order chi connectivity index (χ1) is 5.74. The number of hydrogen-bond acceptors (Lipinski definition) is 1. The molecule has 1 nitrogen and oxygen atoms in total. The third-order valence-electron chi connectivity index (χ3n) is 3.79. The first-order valence-electron chi connectivity index (χ1n) is 4.62. The summed E-state index contributed by atoms with van der Waals surface area (Å²) >= 11 is 0. The number of fused-ring (bicyclic) bond motifs is 3. The summed E-state index contributed by atoms with van der Waals surface area (Å²) < 4.78 is 0. The van der Waals surface area contributed by atoms with Crippen LogP contribution in [0.4, 0.5) is 0 Å². The fourth-order valence-electron chi connectivity index (χ4n) is 2.83. The van der Waals surface area contributed by atoms with Gasteiger partial charge in [-0.3, -0.25) is 0 Å². The molecule has 0 aliphatic heterocycles. The zero-order valence-corrected chi connectivity index (χ0v) is 7.25. The van der Waals surface area contributed by atoms with E-state index in [1.807, 2.05) is 0 Å². The van der Waals surface area contributed by atoms with Crippen molar-refractivity contribution >= 4 is 0 Å². The Bertz CT molecular complexity index is 345. The first-order valence-corrected chi connectivity index (χ1v) is 4.62. The first kappa shape index (κ1) is 6.67. The molecule has 12 heavy (non-hydrogen) atoms. The topological polar surface area (TPSA) is 26.0 Å². The van der Waals surface area contributed by atoms with Crippen LogP contribution in [0.1, 0.15) is 18.1 Å². The van der Waals surface area contributed by atoms with Gasteiger partial charge in [0.2, 0.25) is 0 Å². The van der Waals surface area contributed by atoms with Gasteiger partial charge in [0.05, 0.1) is 0 Å². The Balaban J connectivity index is 2.19. The minimum absolute atomic E-state index is 0.0522. The molecule has 1 heteroatoms. The van der Waals surface area contributed by atoms with Crippen molar-refractivity contribution in [3.8, 4) is 0 Å². The van der Waals surface area contributed by atoms with Crippen molar-refractivity contribution in [1.82, 2.24) is 0 Å². The van der Waals surface area contributed by atoms with Crippen molar-refractivity contribution in [1.29, 1.82) is 0 Å². The molecule has 0 spiro atoms. The van der Waals surface area contributed by atoms with E-state index in [1.165, 1.54) is 17.5 Å². The van der Waals surface area contributed by atoms with Crippen LogP contribution in [0.3, 0.4) is 0 Å². The van der Waals surface area contributed by atoms with E-state index in [0.29, 0.717) is 5.92 Å². The fourth-order valence-corrected chi connectivity index (χ4v) is 2.83. The molecule has 0 heterocycles. The van der Waals surface area contributed by atoms with Gasteiger partial charge in [-0.1, -0.05) is 31.2 Å². The lowest BCUT2D eigenvalue weighted by atomic mass is 10.0. The highest BCUT2D eigenvalue weighted by Gasteiger charge is 2.64. The predicted molar refractivity (Wildman–Crippen MR) is 48.7 cm³/mol. The monoisotopic (exact) mass is 159 g/mol. The van der Waals surface area contributed by atoms with Crippen LogP contribution in [0.2, 0.25) is 0 Å². The van der Waals surface area contributed by atoms with E-state index in [9.17, 15) is 0 Å². The number of hydrogen-bond donors (Lipinski definition) is 1. The Hall–Kier alpha value is -0.820. The minimum atomic E-state index is 0.0522. The Morgan fingerprint density at radius 1 is 1.42 bits per heavy atom. The largest absolute Gasteiger partial charge is 0.321 e. The SMILES string of the molecule is CC1C2Cc3ccccc3C12N. The third-order valence-corrected chi connectivity index (χ3v) is 3.79. The average Bonchev–Trinajstić information content (AvgIpc) is 2.51. The van der Waals surface area contributed by atoms with E-state index in [4.69, 9.17) is 5.73 Å². The Labute approximate surface area is 72.6 Å². The number of rotatable bonds is 0. The molecular weight excluding hydrogens is 146 g/mol. The molecule has 0 aromatic heterocycles. The Kier molecular flexibility index (Phi) is 0.969. The highest BCUT2D eigenvalue weighted by molar-refractivity contribution is 5.47. The van der Waals surface area contributed by atoms with Gasteiger partial charge < -0.3 is 5.73 Å². The van der Waals surface area contributed by atoms with Crippen LogP contribution >= 0.6 is 0 Å². The van der Waals surface area contributed by atoms with Gasteiger partial charge >= 0.3 is 0 Å². The molecule has 0 saturated heterocycles. The van der Waals surface area contributed by atoms with E-state index in [1.54, 1.807) is 0 Å². The molecule has 2 N–H and O–H groups in total. The molecule has 2 aliphatic carbocycles. The van der Waals surface area contributed by atoms with Crippen LogP contribution in [0.5, 0.6) is 0 Å². The summed E-state index contributed by atoms with van der Waals surface area (Å²) in [4.78, 5) is 0. The van der Waals surface area contributed by atoms with Gasteiger partial charge in [0.25, 0.3) is 0 Å². The normalized spacial score (nSPS) is 42.2. The van der Waals surface area contributed by atoms with Gasteiger partial charge in [-0.2, -0.15) is 0 Å². The summed E-state index contributed by atoms with van der Waals surface area (Å²) in [7, 11) is 0. The molecule has 3 rings (SSSR count). The van der Waals surface area contributed by atoms with Gasteiger partial charge in [0.1, 0.15) is 0 Å². The van der Waals surface area contributed by atoms with Crippen molar-refractivity contribution in [2.75, 3.05) is 0 Å². The van der Waals surface area contributed by atoms with Crippen molar-refractivity contribution in [2.45, 2.75) is 18.9 Å². The van der Waals surface area contributed by atoms with Gasteiger partial charge in [-0.15, -0.1) is 0 Å². The van der Waals surface area contributed by atoms with Gasteiger partial charge in [0, 0.05) is 5.54 Å². The number of nitrogens with two attached hydrogens (primary N) is 1. The smallest absolute Gasteiger partial charge is 0.0476 e. The lowest BCUT2D eigenvalue weighted by molar-refractivity contribution is 0.661. The standard InChI is InChI=1S/C11H13N/c1-7-10-6-8-4-2-3-5-9(8)11(7,10)12/h2-5,7,10H,6,12H2,1H3. The molecule has 0 amide bonds. The van der Waals surface area contributed by atoms with E-state index < -0.39 is 0 Å². The maximum atomic E-state index is 6.31. The highest BCUT2D eigenvalue weighted by atomic mass is 14.9. The summed E-state index contributed by atoms with van der Waals surface area (Å²) in [6.45, 7) is 2.26.